The first-order valence-electron chi connectivity index (χ1n) is 6.42. The van der Waals surface area contributed by atoms with Gasteiger partial charge in [-0.3, -0.25) is 4.79 Å². The van der Waals surface area contributed by atoms with Crippen LogP contribution in [0.5, 0.6) is 0 Å². The van der Waals surface area contributed by atoms with Crippen LogP contribution in [0.3, 0.4) is 0 Å². The number of benzene rings is 1. The Morgan fingerprint density at radius 1 is 1.32 bits per heavy atom. The molecule has 0 aromatic heterocycles. The maximum atomic E-state index is 12.2. The monoisotopic (exact) mass is 255 g/mol. The first kappa shape index (κ1) is 13.3. The van der Waals surface area contributed by atoms with E-state index in [1.165, 1.54) is 0 Å². The van der Waals surface area contributed by atoms with Crippen LogP contribution in [0, 0.1) is 11.3 Å². The fourth-order valence-corrected chi connectivity index (χ4v) is 2.13. The van der Waals surface area contributed by atoms with E-state index < -0.39 is 0 Å². The second-order valence-electron chi connectivity index (χ2n) is 4.71. The van der Waals surface area contributed by atoms with Crippen LogP contribution in [0.2, 0.25) is 0 Å². The molecule has 0 saturated carbocycles. The summed E-state index contributed by atoms with van der Waals surface area (Å²) < 4.78 is 0. The minimum absolute atomic E-state index is 0.174. The van der Waals surface area contributed by atoms with Gasteiger partial charge < -0.3 is 10.6 Å². The number of amides is 1. The lowest BCUT2D eigenvalue weighted by molar-refractivity contribution is -0.127. The Hall–Kier alpha value is -2.12. The number of nitrogens with two attached hydrogens (primary N) is 1. The molecule has 0 bridgehead atoms. The van der Waals surface area contributed by atoms with Gasteiger partial charge in [0.1, 0.15) is 11.6 Å². The molecule has 2 N–H and O–H groups in total. The fourth-order valence-electron chi connectivity index (χ4n) is 2.13. The topological polar surface area (TPSA) is 70.1 Å². The van der Waals surface area contributed by atoms with Gasteiger partial charge in [-0.1, -0.05) is 30.3 Å². The zero-order valence-electron chi connectivity index (χ0n) is 10.7. The maximum Gasteiger partial charge on any atom is 0.264 e. The molecule has 1 aromatic rings. The van der Waals surface area contributed by atoms with Crippen molar-refractivity contribution in [2.45, 2.75) is 18.9 Å². The van der Waals surface area contributed by atoms with Crippen LogP contribution in [0.4, 0.5) is 0 Å². The highest BCUT2D eigenvalue weighted by molar-refractivity contribution is 6.01. The molecule has 1 fully saturated rings. The fraction of sp³-hybridized carbons (Fsp3) is 0.333. The number of piperidine rings is 1. The molecule has 1 heterocycles. The van der Waals surface area contributed by atoms with Crippen LogP contribution in [0.1, 0.15) is 18.4 Å². The van der Waals surface area contributed by atoms with Crippen molar-refractivity contribution in [1.29, 1.82) is 5.26 Å². The number of hydrogen-bond acceptors (Lipinski definition) is 3. The molecule has 2 rings (SSSR count). The first-order chi connectivity index (χ1) is 9.20. The number of carbonyl (C=O) groups excluding carboxylic acids is 1. The molecule has 1 aromatic carbocycles. The van der Waals surface area contributed by atoms with Crippen LogP contribution in [-0.2, 0) is 4.79 Å². The van der Waals surface area contributed by atoms with Gasteiger partial charge in [-0.05, 0) is 24.5 Å². The van der Waals surface area contributed by atoms with E-state index >= 15 is 0 Å². The Morgan fingerprint density at radius 3 is 2.53 bits per heavy atom. The average molecular weight is 255 g/mol. The predicted molar refractivity (Wildman–Crippen MR) is 73.8 cm³/mol. The Balaban J connectivity index is 2.12. The summed E-state index contributed by atoms with van der Waals surface area (Å²) in [6, 6.07) is 11.6. The molecule has 0 radical (unpaired) electrons. The first-order valence-corrected chi connectivity index (χ1v) is 6.42. The zero-order chi connectivity index (χ0) is 13.7. The van der Waals surface area contributed by atoms with Crippen molar-refractivity contribution in [3.8, 4) is 6.07 Å². The molecule has 0 aliphatic carbocycles. The van der Waals surface area contributed by atoms with E-state index in [1.54, 1.807) is 11.0 Å². The summed E-state index contributed by atoms with van der Waals surface area (Å²) >= 11 is 0. The third kappa shape index (κ3) is 3.43. The number of nitriles is 1. The normalized spacial score (nSPS) is 17.1. The van der Waals surface area contributed by atoms with Crippen LogP contribution < -0.4 is 5.73 Å². The lowest BCUT2D eigenvalue weighted by Crippen LogP contribution is -2.43. The highest BCUT2D eigenvalue weighted by atomic mass is 16.2. The van der Waals surface area contributed by atoms with Crippen LogP contribution in [-0.4, -0.2) is 29.9 Å². The third-order valence-electron chi connectivity index (χ3n) is 3.29. The highest BCUT2D eigenvalue weighted by Gasteiger charge is 2.23. The molecule has 4 nitrogen and oxygen atoms in total. The summed E-state index contributed by atoms with van der Waals surface area (Å²) in [5.74, 6) is -0.196. The standard InChI is InChI=1S/C15H17N3O/c16-11-13(10-12-4-2-1-3-5-12)15(19)18-8-6-14(17)7-9-18/h1-5,10,14H,6-9,17H2/b13-10+. The maximum absolute atomic E-state index is 12.2. The molecule has 98 valence electrons. The smallest absolute Gasteiger partial charge is 0.264 e. The summed E-state index contributed by atoms with van der Waals surface area (Å²) in [7, 11) is 0. The highest BCUT2D eigenvalue weighted by Crippen LogP contribution is 2.14. The number of hydrogen-bond donors (Lipinski definition) is 1. The van der Waals surface area contributed by atoms with Crippen LogP contribution in [0.25, 0.3) is 6.08 Å². The van der Waals surface area contributed by atoms with E-state index in [2.05, 4.69) is 0 Å². The number of likely N-dealkylation sites (tertiary alicyclic amines) is 1. The quantitative estimate of drug-likeness (QED) is 0.643. The number of rotatable bonds is 2. The molecule has 1 saturated heterocycles. The SMILES string of the molecule is N#C/C(=C\c1ccccc1)C(=O)N1CCC(N)CC1. The average Bonchev–Trinajstić information content (AvgIpc) is 2.46. The summed E-state index contributed by atoms with van der Waals surface area (Å²) in [4.78, 5) is 13.9. The largest absolute Gasteiger partial charge is 0.338 e. The molecule has 0 atom stereocenters. The summed E-state index contributed by atoms with van der Waals surface area (Å²) in [5, 5.41) is 9.15. The van der Waals surface area contributed by atoms with Crippen molar-refractivity contribution in [2.24, 2.45) is 5.73 Å². The summed E-state index contributed by atoms with van der Waals surface area (Å²) in [5.41, 5.74) is 6.86. The van der Waals surface area contributed by atoms with Gasteiger partial charge in [-0.15, -0.1) is 0 Å². The second-order valence-corrected chi connectivity index (χ2v) is 4.71. The molecular formula is C15H17N3O. The molecule has 1 amide bonds. The van der Waals surface area contributed by atoms with Crippen molar-refractivity contribution >= 4 is 12.0 Å². The van der Waals surface area contributed by atoms with Gasteiger partial charge in [0, 0.05) is 19.1 Å². The predicted octanol–water partition coefficient (Wildman–Crippen LogP) is 1.54. The zero-order valence-corrected chi connectivity index (χ0v) is 10.7. The Morgan fingerprint density at radius 2 is 1.95 bits per heavy atom. The minimum Gasteiger partial charge on any atom is -0.338 e. The van der Waals surface area contributed by atoms with Gasteiger partial charge in [0.15, 0.2) is 0 Å². The summed E-state index contributed by atoms with van der Waals surface area (Å²) in [6.45, 7) is 1.27. The Labute approximate surface area is 113 Å². The van der Waals surface area contributed by atoms with Gasteiger partial charge in [0.25, 0.3) is 5.91 Å². The van der Waals surface area contributed by atoms with Gasteiger partial charge >= 0.3 is 0 Å². The Kier molecular flexibility index (Phi) is 4.32. The van der Waals surface area contributed by atoms with E-state index in [0.717, 1.165) is 18.4 Å². The van der Waals surface area contributed by atoms with E-state index in [0.29, 0.717) is 13.1 Å². The molecular weight excluding hydrogens is 238 g/mol. The number of nitrogens with zero attached hydrogens (tertiary/aromatic N) is 2. The second kappa shape index (κ2) is 6.17. The Bertz CT molecular complexity index is 508. The third-order valence-corrected chi connectivity index (χ3v) is 3.29. The minimum atomic E-state index is -0.196. The lowest BCUT2D eigenvalue weighted by Gasteiger charge is -2.29. The van der Waals surface area contributed by atoms with Crippen molar-refractivity contribution in [1.82, 2.24) is 4.90 Å². The van der Waals surface area contributed by atoms with Crippen molar-refractivity contribution in [3.05, 3.63) is 41.5 Å². The van der Waals surface area contributed by atoms with Gasteiger partial charge in [-0.2, -0.15) is 5.26 Å². The lowest BCUT2D eigenvalue weighted by atomic mass is 10.0. The van der Waals surface area contributed by atoms with E-state index in [-0.39, 0.29) is 17.5 Å². The van der Waals surface area contributed by atoms with Gasteiger partial charge in [0.2, 0.25) is 0 Å². The van der Waals surface area contributed by atoms with Gasteiger partial charge in [0.05, 0.1) is 0 Å². The molecule has 4 heteroatoms. The molecule has 1 aliphatic heterocycles. The van der Waals surface area contributed by atoms with Crippen molar-refractivity contribution in [3.63, 3.8) is 0 Å². The molecule has 19 heavy (non-hydrogen) atoms. The van der Waals surface area contributed by atoms with Gasteiger partial charge in [-0.25, -0.2) is 0 Å². The van der Waals surface area contributed by atoms with E-state index in [9.17, 15) is 4.79 Å². The van der Waals surface area contributed by atoms with Crippen molar-refractivity contribution < 1.29 is 4.79 Å². The number of carbonyl (C=O) groups is 1. The molecule has 0 spiro atoms. The van der Waals surface area contributed by atoms with E-state index in [1.807, 2.05) is 36.4 Å². The summed E-state index contributed by atoms with van der Waals surface area (Å²) in [6.07, 6.45) is 3.24. The molecule has 0 unspecified atom stereocenters. The molecule has 1 aliphatic rings. The van der Waals surface area contributed by atoms with Crippen LogP contribution in [0.15, 0.2) is 35.9 Å². The van der Waals surface area contributed by atoms with E-state index in [4.69, 9.17) is 11.0 Å². The van der Waals surface area contributed by atoms with Crippen LogP contribution >= 0.6 is 0 Å². The van der Waals surface area contributed by atoms with Crippen molar-refractivity contribution in [2.75, 3.05) is 13.1 Å².